The minimum absolute atomic E-state index is 0.227. The second-order valence-corrected chi connectivity index (χ2v) is 5.54. The molecular formula is C13H9FN6O3S. The Morgan fingerprint density at radius 2 is 2.04 bits per heavy atom. The smallest absolute Gasteiger partial charge is 0.299 e. The minimum Gasteiger partial charge on any atom is -0.299 e. The van der Waals surface area contributed by atoms with Crippen molar-refractivity contribution in [1.29, 1.82) is 0 Å². The van der Waals surface area contributed by atoms with Crippen LogP contribution >= 0.6 is 11.3 Å². The third-order valence-electron chi connectivity index (χ3n) is 2.88. The van der Waals surface area contributed by atoms with Crippen LogP contribution in [0.5, 0.6) is 0 Å². The quantitative estimate of drug-likeness (QED) is 0.696. The lowest BCUT2D eigenvalue weighted by Gasteiger charge is -2.04. The number of rotatable bonds is 4. The largest absolute Gasteiger partial charge is 0.328 e. The van der Waals surface area contributed by atoms with E-state index in [1.807, 2.05) is 0 Å². The summed E-state index contributed by atoms with van der Waals surface area (Å²) in [5.74, 6) is -1.76. The Morgan fingerprint density at radius 3 is 2.79 bits per heavy atom. The summed E-state index contributed by atoms with van der Waals surface area (Å²) in [5, 5.41) is 11.0. The Bertz CT molecular complexity index is 997. The van der Waals surface area contributed by atoms with E-state index in [4.69, 9.17) is 0 Å². The van der Waals surface area contributed by atoms with Crippen molar-refractivity contribution in [2.45, 2.75) is 6.54 Å². The van der Waals surface area contributed by atoms with E-state index in [-0.39, 0.29) is 5.13 Å². The van der Waals surface area contributed by atoms with Gasteiger partial charge in [0.1, 0.15) is 11.6 Å². The van der Waals surface area contributed by atoms with Crippen molar-refractivity contribution in [2.75, 3.05) is 5.32 Å². The number of nitrogens with zero attached hydrogens (tertiary/aromatic N) is 4. The molecular weight excluding hydrogens is 339 g/mol. The second-order valence-electron chi connectivity index (χ2n) is 4.56. The average Bonchev–Trinajstić information content (AvgIpc) is 3.02. The summed E-state index contributed by atoms with van der Waals surface area (Å²) in [6.07, 6.45) is 3.88. The van der Waals surface area contributed by atoms with Crippen molar-refractivity contribution in [1.82, 2.24) is 24.7 Å². The van der Waals surface area contributed by atoms with Gasteiger partial charge in [-0.15, -0.1) is 10.2 Å². The molecule has 0 aliphatic carbocycles. The number of aromatic nitrogens is 5. The van der Waals surface area contributed by atoms with Crippen LogP contribution in [0.25, 0.3) is 10.6 Å². The van der Waals surface area contributed by atoms with Gasteiger partial charge in [-0.05, 0) is 12.1 Å². The number of pyridine rings is 1. The van der Waals surface area contributed by atoms with E-state index < -0.39 is 29.5 Å². The van der Waals surface area contributed by atoms with E-state index in [0.29, 0.717) is 11.2 Å². The molecule has 0 atom stereocenters. The zero-order valence-electron chi connectivity index (χ0n) is 11.9. The van der Waals surface area contributed by atoms with E-state index in [9.17, 15) is 18.8 Å². The van der Waals surface area contributed by atoms with E-state index >= 15 is 0 Å². The van der Waals surface area contributed by atoms with Gasteiger partial charge in [0.25, 0.3) is 5.56 Å². The molecule has 3 heterocycles. The van der Waals surface area contributed by atoms with Crippen LogP contribution in [0, 0.1) is 5.82 Å². The summed E-state index contributed by atoms with van der Waals surface area (Å²) < 4.78 is 13.9. The molecule has 11 heteroatoms. The van der Waals surface area contributed by atoms with Crippen LogP contribution in [-0.4, -0.2) is 30.6 Å². The molecule has 0 aliphatic heterocycles. The van der Waals surface area contributed by atoms with Gasteiger partial charge in [0.2, 0.25) is 16.9 Å². The third kappa shape index (κ3) is 3.41. The lowest BCUT2D eigenvalue weighted by molar-refractivity contribution is -0.116. The maximum absolute atomic E-state index is 13.2. The molecule has 0 fully saturated rings. The number of hydrogen-bond donors (Lipinski definition) is 2. The van der Waals surface area contributed by atoms with Gasteiger partial charge >= 0.3 is 5.69 Å². The molecule has 3 aromatic rings. The zero-order valence-corrected chi connectivity index (χ0v) is 12.7. The summed E-state index contributed by atoms with van der Waals surface area (Å²) in [6, 6.07) is 3.49. The highest BCUT2D eigenvalue weighted by Gasteiger charge is 2.12. The predicted molar refractivity (Wildman–Crippen MR) is 83.1 cm³/mol. The highest BCUT2D eigenvalue weighted by molar-refractivity contribution is 7.18. The van der Waals surface area contributed by atoms with Crippen LogP contribution < -0.4 is 16.6 Å². The van der Waals surface area contributed by atoms with Crippen molar-refractivity contribution in [3.8, 4) is 10.6 Å². The first kappa shape index (κ1) is 15.7. The molecule has 0 aromatic carbocycles. The van der Waals surface area contributed by atoms with Gasteiger partial charge < -0.3 is 0 Å². The predicted octanol–water partition coefficient (Wildman–Crippen LogP) is 0.228. The zero-order chi connectivity index (χ0) is 17.1. The number of nitrogens with one attached hydrogen (secondary N) is 2. The standard InChI is InChI=1S/C13H9FN6O3S/c14-8-5-20(13(23)17-10(8)22)6-9(21)16-12-19-18-11(24-12)7-1-3-15-4-2-7/h1-5H,6H2,(H,16,19,21)(H,17,22,23). The van der Waals surface area contributed by atoms with Crippen LogP contribution in [-0.2, 0) is 11.3 Å². The Labute approximate surface area is 136 Å². The molecule has 0 saturated carbocycles. The molecule has 3 rings (SSSR count). The van der Waals surface area contributed by atoms with Gasteiger partial charge in [0.15, 0.2) is 0 Å². The molecule has 2 N–H and O–H groups in total. The van der Waals surface area contributed by atoms with E-state index in [1.54, 1.807) is 29.5 Å². The Hall–Kier alpha value is -3.21. The third-order valence-corrected chi connectivity index (χ3v) is 3.77. The number of amides is 1. The highest BCUT2D eigenvalue weighted by Crippen LogP contribution is 2.25. The molecule has 0 spiro atoms. The SMILES string of the molecule is O=C(Cn1cc(F)c(=O)[nH]c1=O)Nc1nnc(-c2ccncc2)s1. The van der Waals surface area contributed by atoms with Gasteiger partial charge in [-0.25, -0.2) is 4.79 Å². The van der Waals surface area contributed by atoms with Gasteiger partial charge in [-0.2, -0.15) is 4.39 Å². The molecule has 24 heavy (non-hydrogen) atoms. The Morgan fingerprint density at radius 1 is 1.29 bits per heavy atom. The maximum atomic E-state index is 13.2. The highest BCUT2D eigenvalue weighted by atomic mass is 32.1. The van der Waals surface area contributed by atoms with Gasteiger partial charge in [0, 0.05) is 18.0 Å². The lowest BCUT2D eigenvalue weighted by atomic mass is 10.3. The van der Waals surface area contributed by atoms with Crippen LogP contribution in [0.2, 0.25) is 0 Å². The Kier molecular flexibility index (Phi) is 4.24. The summed E-state index contributed by atoms with van der Waals surface area (Å²) >= 11 is 1.13. The fourth-order valence-corrected chi connectivity index (χ4v) is 2.56. The molecule has 1 amide bonds. The summed E-state index contributed by atoms with van der Waals surface area (Å²) in [7, 11) is 0. The van der Waals surface area contributed by atoms with Gasteiger partial charge in [-0.3, -0.25) is 29.4 Å². The number of hydrogen-bond acceptors (Lipinski definition) is 7. The summed E-state index contributed by atoms with van der Waals surface area (Å²) in [4.78, 5) is 40.0. The molecule has 9 nitrogen and oxygen atoms in total. The molecule has 122 valence electrons. The fraction of sp³-hybridized carbons (Fsp3) is 0.0769. The fourth-order valence-electron chi connectivity index (χ4n) is 1.80. The summed E-state index contributed by atoms with van der Waals surface area (Å²) in [6.45, 7) is -0.475. The van der Waals surface area contributed by atoms with Crippen molar-refractivity contribution in [2.24, 2.45) is 0 Å². The number of halogens is 1. The van der Waals surface area contributed by atoms with Crippen LogP contribution in [0.15, 0.2) is 40.3 Å². The van der Waals surface area contributed by atoms with Crippen molar-refractivity contribution >= 4 is 22.4 Å². The minimum atomic E-state index is -1.15. The number of anilines is 1. The number of carbonyl (C=O) groups excluding carboxylic acids is 1. The van der Waals surface area contributed by atoms with Crippen LogP contribution in [0.4, 0.5) is 9.52 Å². The molecule has 3 aromatic heterocycles. The maximum Gasteiger partial charge on any atom is 0.328 e. The summed E-state index contributed by atoms with van der Waals surface area (Å²) in [5.41, 5.74) is -1.23. The molecule has 0 bridgehead atoms. The molecule has 0 saturated heterocycles. The normalized spacial score (nSPS) is 10.5. The first-order valence-corrected chi connectivity index (χ1v) is 7.37. The molecule has 0 unspecified atom stereocenters. The van der Waals surface area contributed by atoms with E-state index in [1.165, 1.54) is 0 Å². The van der Waals surface area contributed by atoms with Gasteiger partial charge in [-0.1, -0.05) is 11.3 Å². The van der Waals surface area contributed by atoms with Crippen molar-refractivity contribution in [3.63, 3.8) is 0 Å². The van der Waals surface area contributed by atoms with E-state index in [0.717, 1.165) is 21.5 Å². The first-order valence-electron chi connectivity index (χ1n) is 6.56. The number of carbonyl (C=O) groups is 1. The monoisotopic (exact) mass is 348 g/mol. The Balaban J connectivity index is 1.72. The molecule has 0 aliphatic rings. The molecule has 0 radical (unpaired) electrons. The van der Waals surface area contributed by atoms with E-state index in [2.05, 4.69) is 20.5 Å². The lowest BCUT2D eigenvalue weighted by Crippen LogP contribution is -2.34. The second kappa shape index (κ2) is 6.50. The number of aromatic amines is 1. The number of H-pyrrole nitrogens is 1. The van der Waals surface area contributed by atoms with Crippen molar-refractivity contribution < 1.29 is 9.18 Å². The topological polar surface area (TPSA) is 123 Å². The first-order chi connectivity index (χ1) is 11.5. The van der Waals surface area contributed by atoms with Crippen molar-refractivity contribution in [3.05, 3.63) is 57.4 Å². The van der Waals surface area contributed by atoms with Gasteiger partial charge in [0.05, 0.1) is 6.20 Å². The van der Waals surface area contributed by atoms with Crippen LogP contribution in [0.1, 0.15) is 0 Å². The van der Waals surface area contributed by atoms with Crippen LogP contribution in [0.3, 0.4) is 0 Å². The average molecular weight is 348 g/mol.